The SMILES string of the molecule is CCCNc1ncc(F)c(N2CCC(C(N)=O)CC2)n1. The number of aromatic nitrogens is 2. The van der Waals surface area contributed by atoms with Crippen molar-refractivity contribution in [2.45, 2.75) is 26.2 Å². The molecule has 3 N–H and O–H groups in total. The zero-order chi connectivity index (χ0) is 14.5. The first-order valence-corrected chi connectivity index (χ1v) is 6.92. The van der Waals surface area contributed by atoms with Crippen LogP contribution in [0.2, 0.25) is 0 Å². The average molecular weight is 281 g/mol. The van der Waals surface area contributed by atoms with Gasteiger partial charge in [-0.3, -0.25) is 4.79 Å². The summed E-state index contributed by atoms with van der Waals surface area (Å²) in [5.41, 5.74) is 5.29. The summed E-state index contributed by atoms with van der Waals surface area (Å²) in [6.45, 7) is 3.93. The number of piperidine rings is 1. The summed E-state index contributed by atoms with van der Waals surface area (Å²) >= 11 is 0. The van der Waals surface area contributed by atoms with Crippen LogP contribution in [-0.4, -0.2) is 35.5 Å². The lowest BCUT2D eigenvalue weighted by Crippen LogP contribution is -2.39. The van der Waals surface area contributed by atoms with Crippen LogP contribution < -0.4 is 16.0 Å². The molecule has 1 saturated heterocycles. The van der Waals surface area contributed by atoms with Gasteiger partial charge in [0.25, 0.3) is 0 Å². The number of nitrogens with one attached hydrogen (secondary N) is 1. The number of nitrogens with zero attached hydrogens (tertiary/aromatic N) is 3. The van der Waals surface area contributed by atoms with Crippen LogP contribution in [0.25, 0.3) is 0 Å². The highest BCUT2D eigenvalue weighted by molar-refractivity contribution is 5.77. The summed E-state index contributed by atoms with van der Waals surface area (Å²) in [5.74, 6) is -0.113. The summed E-state index contributed by atoms with van der Waals surface area (Å²) in [7, 11) is 0. The van der Waals surface area contributed by atoms with Gasteiger partial charge in [-0.2, -0.15) is 4.98 Å². The van der Waals surface area contributed by atoms with Gasteiger partial charge in [0.05, 0.1) is 6.20 Å². The second-order valence-electron chi connectivity index (χ2n) is 4.96. The molecule has 6 nitrogen and oxygen atoms in total. The number of anilines is 2. The van der Waals surface area contributed by atoms with E-state index in [1.54, 1.807) is 0 Å². The molecule has 1 aromatic rings. The van der Waals surface area contributed by atoms with Gasteiger partial charge in [0.1, 0.15) is 0 Å². The predicted molar refractivity (Wildman–Crippen MR) is 74.9 cm³/mol. The molecule has 0 spiro atoms. The van der Waals surface area contributed by atoms with E-state index in [0.29, 0.717) is 37.7 Å². The Hall–Kier alpha value is -1.92. The number of primary amides is 1. The van der Waals surface area contributed by atoms with Gasteiger partial charge < -0.3 is 16.0 Å². The van der Waals surface area contributed by atoms with Gasteiger partial charge in [-0.1, -0.05) is 6.92 Å². The van der Waals surface area contributed by atoms with E-state index in [9.17, 15) is 9.18 Å². The average Bonchev–Trinajstić information content (AvgIpc) is 2.46. The molecule has 0 aromatic carbocycles. The first kappa shape index (κ1) is 14.5. The molecule has 110 valence electrons. The maximum Gasteiger partial charge on any atom is 0.224 e. The lowest BCUT2D eigenvalue weighted by atomic mass is 9.96. The molecule has 1 aromatic heterocycles. The van der Waals surface area contributed by atoms with Crippen molar-refractivity contribution in [1.82, 2.24) is 9.97 Å². The van der Waals surface area contributed by atoms with Crippen molar-refractivity contribution < 1.29 is 9.18 Å². The van der Waals surface area contributed by atoms with E-state index in [2.05, 4.69) is 15.3 Å². The first-order chi connectivity index (χ1) is 9.61. The number of carbonyl (C=O) groups is 1. The van der Waals surface area contributed by atoms with Gasteiger partial charge in [0.2, 0.25) is 11.9 Å². The van der Waals surface area contributed by atoms with E-state index in [1.165, 1.54) is 6.20 Å². The van der Waals surface area contributed by atoms with Gasteiger partial charge in [-0.15, -0.1) is 0 Å². The number of halogens is 1. The largest absolute Gasteiger partial charge is 0.369 e. The van der Waals surface area contributed by atoms with Crippen LogP contribution in [0, 0.1) is 11.7 Å². The minimum absolute atomic E-state index is 0.117. The fourth-order valence-corrected chi connectivity index (χ4v) is 2.28. The van der Waals surface area contributed by atoms with Gasteiger partial charge in [0.15, 0.2) is 11.6 Å². The van der Waals surface area contributed by atoms with Crippen LogP contribution in [0.15, 0.2) is 6.20 Å². The van der Waals surface area contributed by atoms with Crippen LogP contribution >= 0.6 is 0 Å². The molecule has 1 amide bonds. The lowest BCUT2D eigenvalue weighted by molar-refractivity contribution is -0.122. The van der Waals surface area contributed by atoms with Gasteiger partial charge in [0, 0.05) is 25.6 Å². The monoisotopic (exact) mass is 281 g/mol. The molecule has 0 atom stereocenters. The minimum Gasteiger partial charge on any atom is -0.369 e. The summed E-state index contributed by atoms with van der Waals surface area (Å²) < 4.78 is 13.8. The van der Waals surface area contributed by atoms with E-state index >= 15 is 0 Å². The summed E-state index contributed by atoms with van der Waals surface area (Å²) in [6, 6.07) is 0. The Balaban J connectivity index is 2.06. The Kier molecular flexibility index (Phi) is 4.70. The van der Waals surface area contributed by atoms with Crippen molar-refractivity contribution in [3.05, 3.63) is 12.0 Å². The van der Waals surface area contributed by atoms with Gasteiger partial charge in [-0.05, 0) is 19.3 Å². The topological polar surface area (TPSA) is 84.1 Å². The zero-order valence-electron chi connectivity index (χ0n) is 11.6. The second-order valence-corrected chi connectivity index (χ2v) is 4.96. The van der Waals surface area contributed by atoms with Crippen molar-refractivity contribution in [2.75, 3.05) is 29.9 Å². The molecular formula is C13H20FN5O. The van der Waals surface area contributed by atoms with Gasteiger partial charge in [-0.25, -0.2) is 9.37 Å². The number of nitrogens with two attached hydrogens (primary N) is 1. The molecule has 7 heteroatoms. The molecule has 1 aliphatic heterocycles. The predicted octanol–water partition coefficient (Wildman–Crippen LogP) is 1.14. The van der Waals surface area contributed by atoms with Gasteiger partial charge >= 0.3 is 0 Å². The molecule has 20 heavy (non-hydrogen) atoms. The molecule has 0 saturated carbocycles. The minimum atomic E-state index is -0.440. The zero-order valence-corrected chi connectivity index (χ0v) is 11.6. The Morgan fingerprint density at radius 2 is 2.25 bits per heavy atom. The van der Waals surface area contributed by atoms with Crippen molar-refractivity contribution in [3.63, 3.8) is 0 Å². The summed E-state index contributed by atoms with van der Waals surface area (Å²) in [5, 5.41) is 3.04. The highest BCUT2D eigenvalue weighted by Crippen LogP contribution is 2.24. The molecule has 2 rings (SSSR count). The van der Waals surface area contributed by atoms with Crippen molar-refractivity contribution in [3.8, 4) is 0 Å². The first-order valence-electron chi connectivity index (χ1n) is 6.92. The Labute approximate surface area is 117 Å². The normalized spacial score (nSPS) is 16.2. The van der Waals surface area contributed by atoms with Crippen LogP contribution in [0.4, 0.5) is 16.2 Å². The summed E-state index contributed by atoms with van der Waals surface area (Å²) in [4.78, 5) is 21.1. The number of amides is 1. The smallest absolute Gasteiger partial charge is 0.224 e. The fourth-order valence-electron chi connectivity index (χ4n) is 2.28. The molecule has 0 unspecified atom stereocenters. The third kappa shape index (κ3) is 3.34. The standard InChI is InChI=1S/C13H20FN5O/c1-2-5-16-13-17-8-10(14)12(18-13)19-6-3-9(4-7-19)11(15)20/h8-9H,2-7H2,1H3,(H2,15,20)(H,16,17,18). The van der Waals surface area contributed by atoms with E-state index in [4.69, 9.17) is 5.73 Å². The third-order valence-corrected chi connectivity index (χ3v) is 3.46. The van der Waals surface area contributed by atoms with Crippen LogP contribution in [0.1, 0.15) is 26.2 Å². The van der Waals surface area contributed by atoms with E-state index in [0.717, 1.165) is 13.0 Å². The summed E-state index contributed by atoms with van der Waals surface area (Å²) in [6.07, 6.45) is 3.40. The molecule has 0 bridgehead atoms. The Morgan fingerprint density at radius 1 is 1.55 bits per heavy atom. The molecular weight excluding hydrogens is 261 g/mol. The molecule has 1 aliphatic rings. The van der Waals surface area contributed by atoms with Crippen LogP contribution in [-0.2, 0) is 4.79 Å². The highest BCUT2D eigenvalue weighted by atomic mass is 19.1. The fraction of sp³-hybridized carbons (Fsp3) is 0.615. The number of hydrogen-bond donors (Lipinski definition) is 2. The van der Waals surface area contributed by atoms with E-state index in [1.807, 2.05) is 11.8 Å². The molecule has 0 radical (unpaired) electrons. The number of carbonyl (C=O) groups excluding carboxylic acids is 1. The number of rotatable bonds is 5. The van der Waals surface area contributed by atoms with E-state index < -0.39 is 5.82 Å². The third-order valence-electron chi connectivity index (χ3n) is 3.46. The Morgan fingerprint density at radius 3 is 2.85 bits per heavy atom. The molecule has 1 fully saturated rings. The van der Waals surface area contributed by atoms with Crippen molar-refractivity contribution >= 4 is 17.7 Å². The van der Waals surface area contributed by atoms with Crippen molar-refractivity contribution in [2.24, 2.45) is 11.7 Å². The molecule has 0 aliphatic carbocycles. The van der Waals surface area contributed by atoms with E-state index in [-0.39, 0.29) is 11.8 Å². The maximum absolute atomic E-state index is 13.8. The maximum atomic E-state index is 13.8. The molecule has 2 heterocycles. The lowest BCUT2D eigenvalue weighted by Gasteiger charge is -2.31. The number of hydrogen-bond acceptors (Lipinski definition) is 5. The Bertz CT molecular complexity index is 474. The quantitative estimate of drug-likeness (QED) is 0.845. The van der Waals surface area contributed by atoms with Crippen LogP contribution in [0.5, 0.6) is 0 Å². The highest BCUT2D eigenvalue weighted by Gasteiger charge is 2.25. The van der Waals surface area contributed by atoms with Crippen LogP contribution in [0.3, 0.4) is 0 Å². The van der Waals surface area contributed by atoms with Crippen molar-refractivity contribution in [1.29, 1.82) is 0 Å². The second kappa shape index (κ2) is 6.49.